The van der Waals surface area contributed by atoms with Crippen LogP contribution in [0.15, 0.2) is 24.3 Å². The first-order chi connectivity index (χ1) is 11.1. The fourth-order valence-corrected chi connectivity index (χ4v) is 2.93. The van der Waals surface area contributed by atoms with Crippen LogP contribution in [0.1, 0.15) is 32.6 Å². The van der Waals surface area contributed by atoms with Gasteiger partial charge in [-0.1, -0.05) is 18.6 Å². The van der Waals surface area contributed by atoms with E-state index in [2.05, 4.69) is 5.32 Å². The Kier molecular flexibility index (Phi) is 4.32. The molecule has 0 unspecified atom stereocenters. The molecule has 122 valence electrons. The molecule has 1 N–H and O–H groups in total. The number of amides is 2. The number of benzene rings is 1. The molecular weight excluding hydrogens is 296 g/mol. The molecule has 2 aliphatic rings. The van der Waals surface area contributed by atoms with E-state index in [4.69, 9.17) is 4.74 Å². The minimum absolute atomic E-state index is 0.0557. The Morgan fingerprint density at radius 3 is 2.74 bits per heavy atom. The third kappa shape index (κ3) is 3.21. The number of rotatable bonds is 3. The van der Waals surface area contributed by atoms with Gasteiger partial charge in [0, 0.05) is 12.5 Å². The highest BCUT2D eigenvalue weighted by Crippen LogP contribution is 2.31. The average molecular weight is 316 g/mol. The largest absolute Gasteiger partial charge is 0.455 e. The molecule has 1 atom stereocenters. The lowest BCUT2D eigenvalue weighted by molar-refractivity contribution is -0.154. The zero-order valence-corrected chi connectivity index (χ0v) is 13.1. The van der Waals surface area contributed by atoms with E-state index in [9.17, 15) is 14.4 Å². The summed E-state index contributed by atoms with van der Waals surface area (Å²) >= 11 is 0. The number of anilines is 2. The minimum Gasteiger partial charge on any atom is -0.455 e. The summed E-state index contributed by atoms with van der Waals surface area (Å²) in [6.07, 6.45) is 2.93. The molecule has 1 aliphatic heterocycles. The van der Waals surface area contributed by atoms with Crippen molar-refractivity contribution >= 4 is 29.2 Å². The van der Waals surface area contributed by atoms with Crippen LogP contribution in [0, 0.1) is 5.92 Å². The highest BCUT2D eigenvalue weighted by molar-refractivity contribution is 6.05. The standard InChI is InChI=1S/C17H20N2O4/c1-11-9-15(20)18-13-7-2-3-8-14(13)19(11)16(21)10-23-17(22)12-5-4-6-12/h2-3,7-8,11-12H,4-6,9-10H2,1H3,(H,18,20)/t11-/m0/s1. The summed E-state index contributed by atoms with van der Waals surface area (Å²) < 4.78 is 5.16. The van der Waals surface area contributed by atoms with E-state index in [1.54, 1.807) is 23.1 Å². The monoisotopic (exact) mass is 316 g/mol. The molecule has 23 heavy (non-hydrogen) atoms. The molecule has 0 bridgehead atoms. The Hall–Kier alpha value is -2.37. The summed E-state index contributed by atoms with van der Waals surface area (Å²) in [7, 11) is 0. The lowest BCUT2D eigenvalue weighted by Crippen LogP contribution is -2.42. The molecular formula is C17H20N2O4. The second-order valence-corrected chi connectivity index (χ2v) is 6.12. The molecule has 0 aromatic heterocycles. The predicted molar refractivity (Wildman–Crippen MR) is 84.9 cm³/mol. The molecule has 1 aromatic carbocycles. The van der Waals surface area contributed by atoms with Crippen molar-refractivity contribution in [2.75, 3.05) is 16.8 Å². The third-order valence-corrected chi connectivity index (χ3v) is 4.40. The third-order valence-electron chi connectivity index (χ3n) is 4.40. The molecule has 1 fully saturated rings. The number of ether oxygens (including phenoxy) is 1. The highest BCUT2D eigenvalue weighted by atomic mass is 16.5. The van der Waals surface area contributed by atoms with Crippen LogP contribution in [0.4, 0.5) is 11.4 Å². The van der Waals surface area contributed by atoms with Crippen molar-refractivity contribution in [3.05, 3.63) is 24.3 Å². The van der Waals surface area contributed by atoms with Crippen LogP contribution >= 0.6 is 0 Å². The molecule has 1 aromatic rings. The number of fused-ring (bicyclic) bond motifs is 1. The number of nitrogens with zero attached hydrogens (tertiary/aromatic N) is 1. The van der Waals surface area contributed by atoms with Gasteiger partial charge in [0.05, 0.1) is 17.3 Å². The smallest absolute Gasteiger partial charge is 0.309 e. The second kappa shape index (κ2) is 6.40. The van der Waals surface area contributed by atoms with E-state index < -0.39 is 0 Å². The molecule has 6 heteroatoms. The first-order valence-electron chi connectivity index (χ1n) is 7.94. The van der Waals surface area contributed by atoms with Gasteiger partial charge in [-0.3, -0.25) is 14.4 Å². The fourth-order valence-electron chi connectivity index (χ4n) is 2.93. The summed E-state index contributed by atoms with van der Waals surface area (Å²) in [5, 5.41) is 2.80. The Morgan fingerprint density at radius 2 is 2.04 bits per heavy atom. The van der Waals surface area contributed by atoms with Crippen LogP contribution in [0.3, 0.4) is 0 Å². The van der Waals surface area contributed by atoms with Gasteiger partial charge in [-0.2, -0.15) is 0 Å². The van der Waals surface area contributed by atoms with Crippen molar-refractivity contribution < 1.29 is 19.1 Å². The maximum atomic E-state index is 12.6. The minimum atomic E-state index is -0.311. The summed E-state index contributed by atoms with van der Waals surface area (Å²) in [6, 6.07) is 6.85. The van der Waals surface area contributed by atoms with Crippen molar-refractivity contribution in [3.63, 3.8) is 0 Å². The summed E-state index contributed by atoms with van der Waals surface area (Å²) in [5.41, 5.74) is 1.23. The highest BCUT2D eigenvalue weighted by Gasteiger charge is 2.31. The van der Waals surface area contributed by atoms with Crippen LogP contribution in [0.5, 0.6) is 0 Å². The van der Waals surface area contributed by atoms with E-state index in [0.717, 1.165) is 19.3 Å². The van der Waals surface area contributed by atoms with Gasteiger partial charge in [0.25, 0.3) is 5.91 Å². The van der Waals surface area contributed by atoms with Gasteiger partial charge < -0.3 is 15.0 Å². The molecule has 2 amide bonds. The lowest BCUT2D eigenvalue weighted by Gasteiger charge is -2.28. The maximum absolute atomic E-state index is 12.6. The number of para-hydroxylation sites is 2. The Labute approximate surface area is 134 Å². The van der Waals surface area contributed by atoms with Crippen molar-refractivity contribution in [1.82, 2.24) is 0 Å². The van der Waals surface area contributed by atoms with Crippen LogP contribution < -0.4 is 10.2 Å². The van der Waals surface area contributed by atoms with Gasteiger partial charge in [-0.25, -0.2) is 0 Å². The fraction of sp³-hybridized carbons (Fsp3) is 0.471. The molecule has 3 rings (SSSR count). The zero-order valence-electron chi connectivity index (χ0n) is 13.1. The first kappa shape index (κ1) is 15.5. The molecule has 0 radical (unpaired) electrons. The molecule has 1 aliphatic carbocycles. The number of esters is 1. The number of nitrogens with one attached hydrogen (secondary N) is 1. The summed E-state index contributed by atoms with van der Waals surface area (Å²) in [6.45, 7) is 1.52. The Bertz CT molecular complexity index is 639. The second-order valence-electron chi connectivity index (χ2n) is 6.12. The normalized spacial score (nSPS) is 20.8. The Morgan fingerprint density at radius 1 is 1.30 bits per heavy atom. The van der Waals surface area contributed by atoms with Crippen LogP contribution in [-0.4, -0.2) is 30.4 Å². The number of carbonyl (C=O) groups is 3. The molecule has 0 saturated heterocycles. The average Bonchev–Trinajstić information content (AvgIpc) is 2.57. The van der Waals surface area contributed by atoms with Gasteiger partial charge in [0.2, 0.25) is 5.91 Å². The van der Waals surface area contributed by atoms with E-state index in [1.165, 1.54) is 0 Å². The zero-order chi connectivity index (χ0) is 16.4. The van der Waals surface area contributed by atoms with Gasteiger partial charge in [0.1, 0.15) is 0 Å². The number of hydrogen-bond donors (Lipinski definition) is 1. The van der Waals surface area contributed by atoms with E-state index in [-0.39, 0.29) is 42.8 Å². The lowest BCUT2D eigenvalue weighted by atomic mass is 9.86. The van der Waals surface area contributed by atoms with Crippen LogP contribution in [-0.2, 0) is 19.1 Å². The predicted octanol–water partition coefficient (Wildman–Crippen LogP) is 2.09. The maximum Gasteiger partial charge on any atom is 0.309 e. The topological polar surface area (TPSA) is 75.7 Å². The van der Waals surface area contributed by atoms with Crippen molar-refractivity contribution in [3.8, 4) is 0 Å². The van der Waals surface area contributed by atoms with Crippen LogP contribution in [0.25, 0.3) is 0 Å². The molecule has 0 spiro atoms. The number of carbonyl (C=O) groups excluding carboxylic acids is 3. The van der Waals surface area contributed by atoms with Gasteiger partial charge in [0.15, 0.2) is 6.61 Å². The van der Waals surface area contributed by atoms with E-state index in [0.29, 0.717) is 11.4 Å². The van der Waals surface area contributed by atoms with E-state index >= 15 is 0 Å². The number of hydrogen-bond acceptors (Lipinski definition) is 4. The molecule has 1 saturated carbocycles. The molecule has 6 nitrogen and oxygen atoms in total. The van der Waals surface area contributed by atoms with Gasteiger partial charge in [-0.05, 0) is 31.9 Å². The van der Waals surface area contributed by atoms with Crippen molar-refractivity contribution in [2.45, 2.75) is 38.6 Å². The molecule has 1 heterocycles. The first-order valence-corrected chi connectivity index (χ1v) is 7.94. The van der Waals surface area contributed by atoms with E-state index in [1.807, 2.05) is 13.0 Å². The SMILES string of the molecule is C[C@H]1CC(=O)Nc2ccccc2N1C(=O)COC(=O)C1CCC1. The van der Waals surface area contributed by atoms with Gasteiger partial charge >= 0.3 is 5.97 Å². The van der Waals surface area contributed by atoms with Crippen LogP contribution in [0.2, 0.25) is 0 Å². The van der Waals surface area contributed by atoms with Crippen molar-refractivity contribution in [2.24, 2.45) is 5.92 Å². The Balaban J connectivity index is 1.75. The van der Waals surface area contributed by atoms with Gasteiger partial charge in [-0.15, -0.1) is 0 Å². The van der Waals surface area contributed by atoms with Crippen molar-refractivity contribution in [1.29, 1.82) is 0 Å². The summed E-state index contributed by atoms with van der Waals surface area (Å²) in [4.78, 5) is 37.8. The summed E-state index contributed by atoms with van der Waals surface area (Å²) in [5.74, 6) is -0.796. The quantitative estimate of drug-likeness (QED) is 0.866.